The van der Waals surface area contributed by atoms with Gasteiger partial charge in [-0.25, -0.2) is 4.98 Å². The lowest BCUT2D eigenvalue weighted by atomic mass is 10.1. The van der Waals surface area contributed by atoms with E-state index in [1.807, 2.05) is 0 Å². The number of ether oxygens (including phenoxy) is 1. The molecule has 2 rings (SSSR count). The van der Waals surface area contributed by atoms with E-state index in [-0.39, 0.29) is 11.6 Å². The molecule has 3 N–H and O–H groups in total. The van der Waals surface area contributed by atoms with Crippen molar-refractivity contribution in [2.75, 3.05) is 0 Å². The number of benzene rings is 1. The van der Waals surface area contributed by atoms with Gasteiger partial charge in [0.15, 0.2) is 0 Å². The zero-order valence-corrected chi connectivity index (χ0v) is 14.5. The molecule has 0 saturated carbocycles. The summed E-state index contributed by atoms with van der Waals surface area (Å²) < 4.78 is 43.0. The maximum absolute atomic E-state index is 12.5. The molecule has 2 aromatic rings. The molecule has 0 saturated heterocycles. The van der Waals surface area contributed by atoms with Crippen molar-refractivity contribution >= 4 is 11.4 Å². The maximum Gasteiger partial charge on any atom is 0.417 e. The minimum Gasteiger partial charge on any atom is -0.439 e. The highest BCUT2D eigenvalue weighted by Crippen LogP contribution is 2.30. The van der Waals surface area contributed by atoms with Crippen molar-refractivity contribution in [3.63, 3.8) is 0 Å². The molecule has 8 heteroatoms. The van der Waals surface area contributed by atoms with Crippen molar-refractivity contribution < 1.29 is 23.0 Å². The summed E-state index contributed by atoms with van der Waals surface area (Å²) in [5.74, 6) is 0.419. The van der Waals surface area contributed by atoms with Gasteiger partial charge in [0, 0.05) is 23.7 Å². The molecule has 1 aromatic heterocycles. The van der Waals surface area contributed by atoms with Gasteiger partial charge in [-0.1, -0.05) is 13.2 Å². The first-order chi connectivity index (χ1) is 12.6. The van der Waals surface area contributed by atoms with E-state index in [1.54, 1.807) is 31.2 Å². The van der Waals surface area contributed by atoms with E-state index >= 15 is 0 Å². The zero-order chi connectivity index (χ0) is 20.2. The first-order valence-electron chi connectivity index (χ1n) is 7.76. The number of hydrogen-bond donors (Lipinski definition) is 2. The van der Waals surface area contributed by atoms with Crippen LogP contribution in [0.15, 0.2) is 66.4 Å². The van der Waals surface area contributed by atoms with Crippen LogP contribution in [0.1, 0.15) is 18.1 Å². The molecule has 1 heterocycles. The van der Waals surface area contributed by atoms with Crippen molar-refractivity contribution in [3.8, 4) is 11.6 Å². The van der Waals surface area contributed by atoms with Gasteiger partial charge in [0.2, 0.25) is 5.88 Å². The second-order valence-corrected chi connectivity index (χ2v) is 5.69. The minimum absolute atomic E-state index is 0.0352. The lowest BCUT2D eigenvalue weighted by Crippen LogP contribution is -2.24. The van der Waals surface area contributed by atoms with Crippen LogP contribution in [-0.4, -0.2) is 21.9 Å². The molecule has 0 radical (unpaired) electrons. The molecular weight excluding hydrogens is 359 g/mol. The lowest BCUT2D eigenvalue weighted by molar-refractivity contribution is -0.137. The number of aliphatic imine (C=N–C) groups is 1. The van der Waals surface area contributed by atoms with Crippen LogP contribution < -0.4 is 10.5 Å². The fraction of sp³-hybridized carbons (Fsp3) is 0.158. The number of nitrogens with two attached hydrogens (primary N) is 1. The average Bonchev–Trinajstić information content (AvgIpc) is 2.61. The molecule has 0 unspecified atom stereocenters. The molecular formula is C19H18F3N3O2. The Morgan fingerprint density at radius 1 is 1.19 bits per heavy atom. The Bertz CT molecular complexity index is 857. The first kappa shape index (κ1) is 20.2. The summed E-state index contributed by atoms with van der Waals surface area (Å²) in [7, 11) is 0. The van der Waals surface area contributed by atoms with Crippen molar-refractivity contribution in [2.24, 2.45) is 10.7 Å². The van der Waals surface area contributed by atoms with Crippen molar-refractivity contribution in [1.82, 2.24) is 4.98 Å². The molecule has 0 spiro atoms. The Hall–Kier alpha value is -3.13. The Morgan fingerprint density at radius 3 is 2.30 bits per heavy atom. The molecule has 0 aliphatic rings. The molecule has 1 atom stereocenters. The van der Waals surface area contributed by atoms with Crippen LogP contribution >= 0.6 is 0 Å². The van der Waals surface area contributed by atoms with Crippen LogP contribution in [0.4, 0.5) is 13.2 Å². The summed E-state index contributed by atoms with van der Waals surface area (Å²) in [6, 6.07) is 8.58. The van der Waals surface area contributed by atoms with Gasteiger partial charge in [0.25, 0.3) is 0 Å². The quantitative estimate of drug-likeness (QED) is 0.741. The van der Waals surface area contributed by atoms with Gasteiger partial charge >= 0.3 is 6.18 Å². The Kier molecular flexibility index (Phi) is 6.02. The summed E-state index contributed by atoms with van der Waals surface area (Å²) in [4.78, 5) is 7.83. The number of halogens is 3. The summed E-state index contributed by atoms with van der Waals surface area (Å²) in [6.07, 6.45) is -4.80. The summed E-state index contributed by atoms with van der Waals surface area (Å²) in [5, 5.41) is 9.77. The Balaban J connectivity index is 2.08. The third-order valence-corrected chi connectivity index (χ3v) is 3.53. The molecule has 0 fully saturated rings. The average molecular weight is 377 g/mol. The van der Waals surface area contributed by atoms with E-state index in [0.717, 1.165) is 12.1 Å². The Labute approximate surface area is 154 Å². The van der Waals surface area contributed by atoms with E-state index in [4.69, 9.17) is 10.5 Å². The highest BCUT2D eigenvalue weighted by Gasteiger charge is 2.30. The first-order valence-corrected chi connectivity index (χ1v) is 7.76. The number of aliphatic hydroxyl groups is 1. The molecule has 142 valence electrons. The van der Waals surface area contributed by atoms with E-state index in [0.29, 0.717) is 28.9 Å². The maximum atomic E-state index is 12.5. The lowest BCUT2D eigenvalue weighted by Gasteiger charge is -2.11. The topological polar surface area (TPSA) is 80.7 Å². The highest BCUT2D eigenvalue weighted by atomic mass is 19.4. The number of pyridine rings is 1. The van der Waals surface area contributed by atoms with E-state index in [1.165, 1.54) is 0 Å². The fourth-order valence-electron chi connectivity index (χ4n) is 2.05. The second-order valence-electron chi connectivity index (χ2n) is 5.69. The molecule has 1 aromatic carbocycles. The van der Waals surface area contributed by atoms with Crippen molar-refractivity contribution in [1.29, 1.82) is 0 Å². The van der Waals surface area contributed by atoms with Gasteiger partial charge in [-0.05, 0) is 42.8 Å². The van der Waals surface area contributed by atoms with Crippen LogP contribution in [-0.2, 0) is 6.18 Å². The highest BCUT2D eigenvalue weighted by molar-refractivity contribution is 5.92. The van der Waals surface area contributed by atoms with E-state index in [9.17, 15) is 18.3 Å². The van der Waals surface area contributed by atoms with Gasteiger partial charge in [-0.3, -0.25) is 4.99 Å². The molecule has 0 aliphatic heterocycles. The van der Waals surface area contributed by atoms with Gasteiger partial charge in [0.05, 0.1) is 11.3 Å². The fourth-order valence-corrected chi connectivity index (χ4v) is 2.05. The number of nitrogens with zero attached hydrogens (tertiary/aromatic N) is 2. The third-order valence-electron chi connectivity index (χ3n) is 3.53. The number of rotatable bonds is 6. The van der Waals surface area contributed by atoms with Gasteiger partial charge in [-0.2, -0.15) is 13.2 Å². The third kappa shape index (κ3) is 5.42. The normalized spacial score (nSPS) is 13.1. The Morgan fingerprint density at radius 2 is 1.81 bits per heavy atom. The second kappa shape index (κ2) is 8.05. The van der Waals surface area contributed by atoms with Crippen molar-refractivity contribution in [3.05, 3.63) is 72.6 Å². The van der Waals surface area contributed by atoms with Crippen LogP contribution in [0, 0.1) is 0 Å². The molecule has 0 aliphatic carbocycles. The van der Waals surface area contributed by atoms with Crippen molar-refractivity contribution in [2.45, 2.75) is 19.2 Å². The smallest absolute Gasteiger partial charge is 0.417 e. The van der Waals surface area contributed by atoms with E-state index < -0.39 is 17.8 Å². The van der Waals surface area contributed by atoms with Crippen LogP contribution in [0.5, 0.6) is 11.6 Å². The predicted molar refractivity (Wildman–Crippen MR) is 97.2 cm³/mol. The standard InChI is InChI=1S/C19H18F3N3O2/c1-11(23)18(26)13(3)25-12(2)14-4-7-16(8-5-14)27-17-9-6-15(10-24-17)19(20,21)22/h4-10,18,26H,1-2,23H2,3H3/t18-/m1/s1. The summed E-state index contributed by atoms with van der Waals surface area (Å²) in [6.45, 7) is 8.88. The van der Waals surface area contributed by atoms with E-state index in [2.05, 4.69) is 23.1 Å². The SMILES string of the molecule is C=C(N=C(C)[C@H](O)C(=C)N)c1ccc(Oc2ccc(C(F)(F)F)cn2)cc1. The number of aliphatic hydroxyl groups excluding tert-OH is 1. The number of hydrogen-bond acceptors (Lipinski definition) is 5. The summed E-state index contributed by atoms with van der Waals surface area (Å²) in [5.41, 5.74) is 6.08. The van der Waals surface area contributed by atoms with Gasteiger partial charge in [0.1, 0.15) is 11.9 Å². The molecule has 0 amide bonds. The zero-order valence-electron chi connectivity index (χ0n) is 14.5. The monoisotopic (exact) mass is 377 g/mol. The van der Waals surface area contributed by atoms with Crippen LogP contribution in [0.3, 0.4) is 0 Å². The number of aromatic nitrogens is 1. The molecule has 27 heavy (non-hydrogen) atoms. The summed E-state index contributed by atoms with van der Waals surface area (Å²) >= 11 is 0. The van der Waals surface area contributed by atoms with Crippen LogP contribution in [0.2, 0.25) is 0 Å². The molecule has 0 bridgehead atoms. The number of alkyl halides is 3. The minimum atomic E-state index is -4.45. The predicted octanol–water partition coefficient (Wildman–Crippen LogP) is 4.16. The van der Waals surface area contributed by atoms with Gasteiger partial charge in [-0.15, -0.1) is 0 Å². The largest absolute Gasteiger partial charge is 0.439 e. The molecule has 5 nitrogen and oxygen atoms in total. The van der Waals surface area contributed by atoms with Gasteiger partial charge < -0.3 is 15.6 Å². The van der Waals surface area contributed by atoms with Crippen LogP contribution in [0.25, 0.3) is 5.70 Å².